The van der Waals surface area contributed by atoms with E-state index in [2.05, 4.69) is 14.9 Å². The number of hydrogen-bond acceptors (Lipinski definition) is 4. The van der Waals surface area contributed by atoms with Gasteiger partial charge in [0.2, 0.25) is 5.95 Å². The third-order valence-electron chi connectivity index (χ3n) is 2.29. The standard InChI is InChI=1S/C9H14N4.2ClH.2H2O/c10-8-3-1-6-13(7-8)9-11-4-2-5-12-9;;;;/h2,4-5,8H,1,3,6-7,10H2;2*1H;2*1H2. The molecule has 0 aromatic carbocycles. The number of nitrogens with zero attached hydrogens (tertiary/aromatic N) is 3. The van der Waals surface area contributed by atoms with Gasteiger partial charge in [-0.05, 0) is 18.9 Å². The Bertz CT molecular complexity index is 279. The van der Waals surface area contributed by atoms with Gasteiger partial charge >= 0.3 is 0 Å². The molecule has 6 nitrogen and oxygen atoms in total. The zero-order chi connectivity index (χ0) is 9.10. The molecule has 2 heterocycles. The van der Waals surface area contributed by atoms with Crippen LogP contribution >= 0.6 is 24.8 Å². The second kappa shape index (κ2) is 10.5. The number of hydrogen-bond donors (Lipinski definition) is 1. The largest absolute Gasteiger partial charge is 0.412 e. The minimum Gasteiger partial charge on any atom is -0.412 e. The summed E-state index contributed by atoms with van der Waals surface area (Å²) in [6, 6.07) is 2.10. The van der Waals surface area contributed by atoms with Gasteiger partial charge < -0.3 is 21.6 Å². The Balaban J connectivity index is -0.000000490. The molecule has 6 N–H and O–H groups in total. The minimum atomic E-state index is 0. The molecule has 1 aliphatic rings. The van der Waals surface area contributed by atoms with Gasteiger partial charge in [0.25, 0.3) is 0 Å². The van der Waals surface area contributed by atoms with Gasteiger partial charge in [0, 0.05) is 31.5 Å². The van der Waals surface area contributed by atoms with Crippen LogP contribution < -0.4 is 10.6 Å². The molecule has 0 saturated carbocycles. The van der Waals surface area contributed by atoms with Crippen molar-refractivity contribution < 1.29 is 11.0 Å². The molecule has 102 valence electrons. The highest BCUT2D eigenvalue weighted by Gasteiger charge is 2.17. The lowest BCUT2D eigenvalue weighted by Crippen LogP contribution is -2.43. The van der Waals surface area contributed by atoms with Crippen molar-refractivity contribution in [2.24, 2.45) is 5.73 Å². The summed E-state index contributed by atoms with van der Waals surface area (Å²) in [5.74, 6) is 0.803. The first kappa shape index (κ1) is 21.6. The molecule has 1 atom stereocenters. The molecule has 0 aliphatic carbocycles. The Morgan fingerprint density at radius 3 is 2.29 bits per heavy atom. The van der Waals surface area contributed by atoms with Crippen molar-refractivity contribution in [2.45, 2.75) is 18.9 Å². The van der Waals surface area contributed by atoms with Gasteiger partial charge in [-0.15, -0.1) is 24.8 Å². The van der Waals surface area contributed by atoms with Gasteiger partial charge in [-0.2, -0.15) is 0 Å². The van der Waals surface area contributed by atoms with Crippen LogP contribution in [0.1, 0.15) is 12.8 Å². The fourth-order valence-electron chi connectivity index (χ4n) is 1.65. The van der Waals surface area contributed by atoms with Crippen molar-refractivity contribution in [1.82, 2.24) is 9.97 Å². The summed E-state index contributed by atoms with van der Waals surface area (Å²) in [4.78, 5) is 10.5. The highest BCUT2D eigenvalue weighted by atomic mass is 35.5. The Morgan fingerprint density at radius 2 is 1.76 bits per heavy atom. The molecule has 8 heteroatoms. The summed E-state index contributed by atoms with van der Waals surface area (Å²) in [5.41, 5.74) is 5.87. The lowest BCUT2D eigenvalue weighted by molar-refractivity contribution is 0.500. The second-order valence-electron chi connectivity index (χ2n) is 3.40. The van der Waals surface area contributed by atoms with Crippen LogP contribution in [0.5, 0.6) is 0 Å². The Hall–Kier alpha value is -0.660. The van der Waals surface area contributed by atoms with E-state index in [0.717, 1.165) is 31.9 Å². The fraction of sp³-hybridized carbons (Fsp3) is 0.556. The van der Waals surface area contributed by atoms with E-state index in [-0.39, 0.29) is 41.8 Å². The highest BCUT2D eigenvalue weighted by molar-refractivity contribution is 5.85. The summed E-state index contributed by atoms with van der Waals surface area (Å²) in [7, 11) is 0. The van der Waals surface area contributed by atoms with Gasteiger partial charge in [0.1, 0.15) is 0 Å². The first-order valence-electron chi connectivity index (χ1n) is 4.64. The monoisotopic (exact) mass is 286 g/mol. The first-order chi connectivity index (χ1) is 6.36. The Morgan fingerprint density at radius 1 is 1.18 bits per heavy atom. The van der Waals surface area contributed by atoms with Gasteiger partial charge in [0.15, 0.2) is 0 Å². The zero-order valence-corrected chi connectivity index (χ0v) is 11.0. The van der Waals surface area contributed by atoms with Crippen LogP contribution in [0.4, 0.5) is 5.95 Å². The van der Waals surface area contributed by atoms with E-state index in [4.69, 9.17) is 5.73 Å². The number of rotatable bonds is 1. The van der Waals surface area contributed by atoms with Crippen LogP contribution in [0.15, 0.2) is 18.5 Å². The van der Waals surface area contributed by atoms with Crippen molar-refractivity contribution in [2.75, 3.05) is 18.0 Å². The molecule has 0 bridgehead atoms. The SMILES string of the molecule is Cl.Cl.NC1CCCN(c2ncccn2)C1.O.O. The third kappa shape index (κ3) is 5.99. The van der Waals surface area contributed by atoms with Crippen LogP contribution in [0.25, 0.3) is 0 Å². The van der Waals surface area contributed by atoms with Crippen LogP contribution in [-0.4, -0.2) is 40.1 Å². The summed E-state index contributed by atoms with van der Waals surface area (Å²) in [6.07, 6.45) is 5.79. The molecular weight excluding hydrogens is 267 g/mol. The number of aromatic nitrogens is 2. The molecule has 0 spiro atoms. The summed E-state index contributed by atoms with van der Waals surface area (Å²) >= 11 is 0. The smallest absolute Gasteiger partial charge is 0.225 e. The molecule has 1 aromatic rings. The summed E-state index contributed by atoms with van der Waals surface area (Å²) < 4.78 is 0. The van der Waals surface area contributed by atoms with E-state index in [1.165, 1.54) is 0 Å². The maximum absolute atomic E-state index is 5.87. The maximum atomic E-state index is 5.87. The number of piperidine rings is 1. The molecule has 1 aliphatic heterocycles. The minimum absolute atomic E-state index is 0. The summed E-state index contributed by atoms with van der Waals surface area (Å²) in [6.45, 7) is 1.90. The molecule has 1 aromatic heterocycles. The molecule has 1 unspecified atom stereocenters. The molecule has 2 rings (SSSR count). The topological polar surface area (TPSA) is 118 Å². The molecule has 1 fully saturated rings. The maximum Gasteiger partial charge on any atom is 0.225 e. The zero-order valence-electron chi connectivity index (χ0n) is 9.37. The lowest BCUT2D eigenvalue weighted by Gasteiger charge is -2.30. The van der Waals surface area contributed by atoms with Gasteiger partial charge in [-0.25, -0.2) is 9.97 Å². The quantitative estimate of drug-likeness (QED) is 0.755. The molecular formula is C9H20Cl2N4O2. The van der Waals surface area contributed by atoms with Crippen LogP contribution in [0.3, 0.4) is 0 Å². The molecule has 0 radical (unpaired) electrons. The van der Waals surface area contributed by atoms with Crippen molar-refractivity contribution in [3.05, 3.63) is 18.5 Å². The van der Waals surface area contributed by atoms with Crippen molar-refractivity contribution in [3.63, 3.8) is 0 Å². The van der Waals surface area contributed by atoms with Gasteiger partial charge in [0.05, 0.1) is 0 Å². The second-order valence-corrected chi connectivity index (χ2v) is 3.40. The first-order valence-corrected chi connectivity index (χ1v) is 4.64. The average molecular weight is 287 g/mol. The van der Waals surface area contributed by atoms with E-state index >= 15 is 0 Å². The normalized spacial score (nSPS) is 17.7. The molecule has 17 heavy (non-hydrogen) atoms. The van der Waals surface area contributed by atoms with Gasteiger partial charge in [-0.3, -0.25) is 0 Å². The summed E-state index contributed by atoms with van der Waals surface area (Å²) in [5, 5.41) is 0. The predicted octanol–water partition coefficient (Wildman–Crippen LogP) is -0.402. The number of nitrogens with two attached hydrogens (primary N) is 1. The predicted molar refractivity (Wildman–Crippen MR) is 73.2 cm³/mol. The van der Waals surface area contributed by atoms with E-state index in [9.17, 15) is 0 Å². The van der Waals surface area contributed by atoms with E-state index in [1.807, 2.05) is 6.07 Å². The Labute approximate surface area is 113 Å². The fourth-order valence-corrected chi connectivity index (χ4v) is 1.65. The van der Waals surface area contributed by atoms with Crippen LogP contribution in [-0.2, 0) is 0 Å². The third-order valence-corrected chi connectivity index (χ3v) is 2.29. The van der Waals surface area contributed by atoms with E-state index in [0.29, 0.717) is 0 Å². The molecule has 1 saturated heterocycles. The van der Waals surface area contributed by atoms with Crippen LogP contribution in [0.2, 0.25) is 0 Å². The van der Waals surface area contributed by atoms with Crippen molar-refractivity contribution in [3.8, 4) is 0 Å². The van der Waals surface area contributed by atoms with Crippen molar-refractivity contribution in [1.29, 1.82) is 0 Å². The van der Waals surface area contributed by atoms with Gasteiger partial charge in [-0.1, -0.05) is 0 Å². The lowest BCUT2D eigenvalue weighted by atomic mass is 10.1. The van der Waals surface area contributed by atoms with Crippen LogP contribution in [0, 0.1) is 0 Å². The number of halogens is 2. The molecule has 0 amide bonds. The Kier molecular flexibility index (Phi) is 13.3. The van der Waals surface area contributed by atoms with Crippen molar-refractivity contribution >= 4 is 30.8 Å². The number of anilines is 1. The highest BCUT2D eigenvalue weighted by Crippen LogP contribution is 2.13. The average Bonchev–Trinajstić information content (AvgIpc) is 2.19. The van der Waals surface area contributed by atoms with E-state index in [1.54, 1.807) is 12.4 Å². The van der Waals surface area contributed by atoms with E-state index < -0.39 is 0 Å².